The number of benzene rings is 1. The van der Waals surface area contributed by atoms with Crippen molar-refractivity contribution in [3.63, 3.8) is 0 Å². The van der Waals surface area contributed by atoms with E-state index in [0.717, 1.165) is 22.0 Å². The zero-order chi connectivity index (χ0) is 8.72. The van der Waals surface area contributed by atoms with Crippen LogP contribution in [0.5, 0.6) is 0 Å². The Hall–Kier alpha value is -0.340. The van der Waals surface area contributed by atoms with E-state index < -0.39 is 0 Å². The fraction of sp³-hybridized carbons (Fsp3) is 0.222. The molecule has 2 rings (SSSR count). The highest BCUT2D eigenvalue weighted by Gasteiger charge is 2.21. The molecule has 1 aromatic rings. The number of halogens is 2. The number of ketones is 1. The summed E-state index contributed by atoms with van der Waals surface area (Å²) in [5.41, 5.74) is 1.89. The number of rotatable bonds is 0. The van der Waals surface area contributed by atoms with Gasteiger partial charge in [0.15, 0.2) is 5.78 Å². The molecule has 1 aliphatic carbocycles. The summed E-state index contributed by atoms with van der Waals surface area (Å²) in [5, 5.41) is 0.621. The summed E-state index contributed by atoms with van der Waals surface area (Å²) in [6, 6.07) is 3.58. The maximum atomic E-state index is 11.3. The maximum absolute atomic E-state index is 11.3. The van der Waals surface area contributed by atoms with Gasteiger partial charge in [-0.25, -0.2) is 0 Å². The molecule has 0 radical (unpaired) electrons. The molecule has 0 unspecified atom stereocenters. The predicted octanol–water partition coefficient (Wildman–Crippen LogP) is 3.23. The molecule has 0 amide bonds. The zero-order valence-corrected chi connectivity index (χ0v) is 8.58. The van der Waals surface area contributed by atoms with Gasteiger partial charge in [-0.05, 0) is 24.1 Å². The summed E-state index contributed by atoms with van der Waals surface area (Å²) in [6.45, 7) is 0. The molecule has 0 aliphatic heterocycles. The first kappa shape index (κ1) is 8.27. The van der Waals surface area contributed by atoms with E-state index in [2.05, 4.69) is 15.9 Å². The first-order valence-corrected chi connectivity index (χ1v) is 4.86. The highest BCUT2D eigenvalue weighted by Crippen LogP contribution is 2.31. The Morgan fingerprint density at radius 2 is 2.08 bits per heavy atom. The van der Waals surface area contributed by atoms with Crippen LogP contribution in [0.15, 0.2) is 16.6 Å². The molecule has 0 atom stereocenters. The van der Waals surface area contributed by atoms with E-state index in [1.807, 2.05) is 6.07 Å². The molecule has 0 saturated heterocycles. The highest BCUT2D eigenvalue weighted by molar-refractivity contribution is 9.10. The Bertz CT molecular complexity index is 360. The summed E-state index contributed by atoms with van der Waals surface area (Å²) in [5.74, 6) is 0.202. The smallest absolute Gasteiger partial charge is 0.163 e. The van der Waals surface area contributed by atoms with Crippen LogP contribution in [0.2, 0.25) is 5.02 Å². The van der Waals surface area contributed by atoms with Gasteiger partial charge < -0.3 is 0 Å². The number of hydrogen-bond acceptors (Lipinski definition) is 1. The lowest BCUT2D eigenvalue weighted by Crippen LogP contribution is -1.90. The molecule has 1 aromatic carbocycles. The molecule has 12 heavy (non-hydrogen) atoms. The van der Waals surface area contributed by atoms with Crippen LogP contribution in [0.1, 0.15) is 22.3 Å². The molecule has 0 spiro atoms. The van der Waals surface area contributed by atoms with Gasteiger partial charge in [0, 0.05) is 21.5 Å². The van der Waals surface area contributed by atoms with Crippen molar-refractivity contribution in [1.29, 1.82) is 0 Å². The monoisotopic (exact) mass is 244 g/mol. The molecule has 1 nitrogen and oxygen atoms in total. The Morgan fingerprint density at radius 3 is 2.83 bits per heavy atom. The molecule has 3 heteroatoms. The lowest BCUT2D eigenvalue weighted by atomic mass is 10.1. The summed E-state index contributed by atoms with van der Waals surface area (Å²) in [7, 11) is 0. The summed E-state index contributed by atoms with van der Waals surface area (Å²) >= 11 is 9.20. The van der Waals surface area contributed by atoms with Crippen molar-refractivity contribution in [2.75, 3.05) is 0 Å². The second-order valence-electron chi connectivity index (χ2n) is 2.84. The lowest BCUT2D eigenvalue weighted by molar-refractivity contribution is 0.0994. The van der Waals surface area contributed by atoms with Crippen molar-refractivity contribution in [1.82, 2.24) is 0 Å². The third-order valence-electron chi connectivity index (χ3n) is 2.06. The third kappa shape index (κ3) is 1.19. The summed E-state index contributed by atoms with van der Waals surface area (Å²) in [4.78, 5) is 11.3. The molecule has 0 fully saturated rings. The van der Waals surface area contributed by atoms with E-state index in [1.54, 1.807) is 6.07 Å². The number of fused-ring (bicyclic) bond motifs is 1. The van der Waals surface area contributed by atoms with Crippen LogP contribution in [0.3, 0.4) is 0 Å². The number of hydrogen-bond donors (Lipinski definition) is 0. The van der Waals surface area contributed by atoms with Crippen molar-refractivity contribution in [2.24, 2.45) is 0 Å². The quantitative estimate of drug-likeness (QED) is 0.686. The van der Waals surface area contributed by atoms with E-state index in [0.29, 0.717) is 11.4 Å². The number of Topliss-reactive ketones (excluding diaryl/α,β-unsaturated/α-hetero) is 1. The van der Waals surface area contributed by atoms with Gasteiger partial charge in [-0.2, -0.15) is 0 Å². The van der Waals surface area contributed by atoms with Crippen LogP contribution in [0.4, 0.5) is 0 Å². The SMILES string of the molecule is O=C1CCc2c(Br)cc(Cl)cc21. The minimum atomic E-state index is 0.202. The Balaban J connectivity index is 2.68. The van der Waals surface area contributed by atoms with E-state index in [1.165, 1.54) is 0 Å². The Morgan fingerprint density at radius 1 is 1.33 bits per heavy atom. The van der Waals surface area contributed by atoms with Gasteiger partial charge in [0.2, 0.25) is 0 Å². The van der Waals surface area contributed by atoms with Crippen LogP contribution in [0, 0.1) is 0 Å². The second-order valence-corrected chi connectivity index (χ2v) is 4.13. The predicted molar refractivity (Wildman–Crippen MR) is 51.8 cm³/mol. The van der Waals surface area contributed by atoms with Gasteiger partial charge in [-0.3, -0.25) is 4.79 Å². The van der Waals surface area contributed by atoms with Crippen LogP contribution in [-0.4, -0.2) is 5.78 Å². The maximum Gasteiger partial charge on any atom is 0.163 e. The third-order valence-corrected chi connectivity index (χ3v) is 2.99. The van der Waals surface area contributed by atoms with Crippen molar-refractivity contribution in [3.05, 3.63) is 32.8 Å². The van der Waals surface area contributed by atoms with Gasteiger partial charge in [0.05, 0.1) is 0 Å². The van der Waals surface area contributed by atoms with Crippen molar-refractivity contribution < 1.29 is 4.79 Å². The van der Waals surface area contributed by atoms with Crippen molar-refractivity contribution >= 4 is 33.3 Å². The van der Waals surface area contributed by atoms with Crippen LogP contribution < -0.4 is 0 Å². The molecule has 0 saturated carbocycles. The molecule has 0 bridgehead atoms. The standard InChI is InChI=1S/C9H6BrClO/c10-8-4-5(11)3-7-6(8)1-2-9(7)12/h3-4H,1-2H2. The number of carbonyl (C=O) groups excluding carboxylic acids is 1. The normalized spacial score (nSPS) is 15.0. The molecular formula is C9H6BrClO. The van der Waals surface area contributed by atoms with Gasteiger partial charge in [-0.1, -0.05) is 27.5 Å². The van der Waals surface area contributed by atoms with E-state index in [-0.39, 0.29) is 5.78 Å². The van der Waals surface area contributed by atoms with Gasteiger partial charge in [0.25, 0.3) is 0 Å². The largest absolute Gasteiger partial charge is 0.294 e. The molecule has 0 heterocycles. The van der Waals surface area contributed by atoms with E-state index in [9.17, 15) is 4.79 Å². The molecule has 0 aromatic heterocycles. The summed E-state index contributed by atoms with van der Waals surface area (Å²) in [6.07, 6.45) is 1.46. The highest BCUT2D eigenvalue weighted by atomic mass is 79.9. The fourth-order valence-corrected chi connectivity index (χ4v) is 2.49. The second kappa shape index (κ2) is 2.86. The van der Waals surface area contributed by atoms with Gasteiger partial charge in [0.1, 0.15) is 0 Å². The van der Waals surface area contributed by atoms with Crippen LogP contribution in [-0.2, 0) is 6.42 Å². The minimum Gasteiger partial charge on any atom is -0.294 e. The number of carbonyl (C=O) groups is 1. The molecule has 62 valence electrons. The molecular weight excluding hydrogens is 239 g/mol. The zero-order valence-electron chi connectivity index (χ0n) is 6.23. The first-order chi connectivity index (χ1) is 5.68. The lowest BCUT2D eigenvalue weighted by Gasteiger charge is -2.00. The van der Waals surface area contributed by atoms with Gasteiger partial charge >= 0.3 is 0 Å². The first-order valence-electron chi connectivity index (χ1n) is 3.69. The topological polar surface area (TPSA) is 17.1 Å². The summed E-state index contributed by atoms with van der Waals surface area (Å²) < 4.78 is 0.954. The Labute approximate surface area is 83.9 Å². The minimum absolute atomic E-state index is 0.202. The average molecular weight is 246 g/mol. The average Bonchev–Trinajstić information content (AvgIpc) is 2.33. The van der Waals surface area contributed by atoms with Crippen molar-refractivity contribution in [2.45, 2.75) is 12.8 Å². The van der Waals surface area contributed by atoms with E-state index in [4.69, 9.17) is 11.6 Å². The van der Waals surface area contributed by atoms with E-state index >= 15 is 0 Å². The van der Waals surface area contributed by atoms with Crippen LogP contribution in [0.25, 0.3) is 0 Å². The van der Waals surface area contributed by atoms with Crippen LogP contribution >= 0.6 is 27.5 Å². The molecule has 1 aliphatic rings. The molecule has 0 N–H and O–H groups in total. The fourth-order valence-electron chi connectivity index (χ4n) is 1.48. The van der Waals surface area contributed by atoms with Gasteiger partial charge in [-0.15, -0.1) is 0 Å². The Kier molecular flexibility index (Phi) is 1.97. The van der Waals surface area contributed by atoms with Crippen molar-refractivity contribution in [3.8, 4) is 0 Å².